The summed E-state index contributed by atoms with van der Waals surface area (Å²) in [5.41, 5.74) is 1.39. The molecule has 0 aliphatic carbocycles. The minimum absolute atomic E-state index is 0.0552. The summed E-state index contributed by atoms with van der Waals surface area (Å²) in [4.78, 5) is 14.6. The molecule has 2 aromatic rings. The number of likely N-dealkylation sites (tertiary alicyclic amines) is 1. The summed E-state index contributed by atoms with van der Waals surface area (Å²) >= 11 is 0. The van der Waals surface area contributed by atoms with Crippen molar-refractivity contribution >= 4 is 5.91 Å². The Morgan fingerprint density at radius 2 is 2.43 bits per heavy atom. The van der Waals surface area contributed by atoms with E-state index in [1.807, 2.05) is 11.0 Å². The molecule has 6 heteroatoms. The van der Waals surface area contributed by atoms with Gasteiger partial charge in [-0.15, -0.1) is 0 Å². The van der Waals surface area contributed by atoms with Crippen LogP contribution in [0, 0.1) is 0 Å². The molecule has 3 heterocycles. The van der Waals surface area contributed by atoms with Gasteiger partial charge in [0.05, 0.1) is 11.7 Å². The summed E-state index contributed by atoms with van der Waals surface area (Å²) in [6.45, 7) is 2.82. The molecular formula is C15H20N4O2. The lowest BCUT2D eigenvalue weighted by atomic mass is 9.99. The van der Waals surface area contributed by atoms with Crippen LogP contribution in [0.4, 0.5) is 0 Å². The predicted molar refractivity (Wildman–Crippen MR) is 76.7 cm³/mol. The number of aryl methyl sites for hydroxylation is 1. The number of hydrogen-bond acceptors (Lipinski definition) is 4. The normalized spacial score (nSPS) is 18.9. The van der Waals surface area contributed by atoms with Crippen molar-refractivity contribution in [2.24, 2.45) is 0 Å². The van der Waals surface area contributed by atoms with E-state index < -0.39 is 0 Å². The molecule has 0 saturated carbocycles. The average molecular weight is 288 g/mol. The molecule has 6 nitrogen and oxygen atoms in total. The quantitative estimate of drug-likeness (QED) is 0.938. The van der Waals surface area contributed by atoms with Crippen LogP contribution in [0.3, 0.4) is 0 Å². The van der Waals surface area contributed by atoms with Crippen LogP contribution in [-0.4, -0.2) is 32.7 Å². The van der Waals surface area contributed by atoms with Crippen molar-refractivity contribution in [3.8, 4) is 0 Å². The Morgan fingerprint density at radius 1 is 1.52 bits per heavy atom. The molecule has 1 saturated heterocycles. The van der Waals surface area contributed by atoms with Crippen LogP contribution in [0.15, 0.2) is 22.9 Å². The van der Waals surface area contributed by atoms with Crippen LogP contribution in [0.1, 0.15) is 60.6 Å². The van der Waals surface area contributed by atoms with Gasteiger partial charge < -0.3 is 9.42 Å². The molecule has 3 rings (SSSR count). The van der Waals surface area contributed by atoms with E-state index in [-0.39, 0.29) is 11.9 Å². The number of aromatic nitrogens is 3. The number of nitrogens with one attached hydrogen (secondary N) is 1. The molecule has 1 N–H and O–H groups in total. The molecule has 0 radical (unpaired) electrons. The van der Waals surface area contributed by atoms with E-state index in [1.165, 1.54) is 0 Å². The van der Waals surface area contributed by atoms with Gasteiger partial charge in [-0.05, 0) is 31.7 Å². The van der Waals surface area contributed by atoms with Gasteiger partial charge in [-0.25, -0.2) is 0 Å². The number of piperidine rings is 1. The number of amides is 1. The minimum Gasteiger partial charge on any atom is -0.361 e. The zero-order valence-corrected chi connectivity index (χ0v) is 12.2. The zero-order valence-electron chi connectivity index (χ0n) is 12.2. The van der Waals surface area contributed by atoms with Gasteiger partial charge in [0, 0.05) is 25.2 Å². The van der Waals surface area contributed by atoms with Gasteiger partial charge in [-0.2, -0.15) is 5.10 Å². The first-order chi connectivity index (χ1) is 10.3. The van der Waals surface area contributed by atoms with Crippen molar-refractivity contribution < 1.29 is 9.32 Å². The minimum atomic E-state index is -0.0552. The molecule has 1 aliphatic rings. The lowest BCUT2D eigenvalue weighted by Gasteiger charge is -2.34. The third kappa shape index (κ3) is 2.84. The van der Waals surface area contributed by atoms with E-state index in [1.54, 1.807) is 12.3 Å². The Kier molecular flexibility index (Phi) is 4.03. The molecule has 2 aromatic heterocycles. The Morgan fingerprint density at radius 3 is 3.19 bits per heavy atom. The fraction of sp³-hybridized carbons (Fsp3) is 0.533. The first-order valence-electron chi connectivity index (χ1n) is 7.55. The number of carbonyl (C=O) groups excluding carboxylic acids is 1. The van der Waals surface area contributed by atoms with E-state index >= 15 is 0 Å². The smallest absolute Gasteiger partial charge is 0.276 e. The Bertz CT molecular complexity index is 591. The topological polar surface area (TPSA) is 75.0 Å². The van der Waals surface area contributed by atoms with E-state index in [2.05, 4.69) is 22.3 Å². The zero-order chi connectivity index (χ0) is 14.7. The van der Waals surface area contributed by atoms with Crippen molar-refractivity contribution in [1.29, 1.82) is 0 Å². The Hall–Kier alpha value is -2.11. The number of H-pyrrole nitrogens is 1. The highest BCUT2D eigenvalue weighted by Crippen LogP contribution is 2.30. The maximum absolute atomic E-state index is 12.7. The first kappa shape index (κ1) is 13.9. The standard InChI is InChI=1S/C15H20N4O2/c1-2-5-11-10-13(18-21-11)15(20)19-9-4-3-6-14(19)12-7-8-16-17-12/h7-8,10,14H,2-6,9H2,1H3,(H,16,17)/t14-/m0/s1. The second-order valence-corrected chi connectivity index (χ2v) is 5.45. The van der Waals surface area contributed by atoms with Crippen molar-refractivity contribution in [3.05, 3.63) is 35.5 Å². The van der Waals surface area contributed by atoms with Gasteiger partial charge in [0.2, 0.25) is 0 Å². The van der Waals surface area contributed by atoms with Crippen molar-refractivity contribution in [2.45, 2.75) is 45.1 Å². The highest BCUT2D eigenvalue weighted by atomic mass is 16.5. The fourth-order valence-electron chi connectivity index (χ4n) is 2.88. The first-order valence-corrected chi connectivity index (χ1v) is 7.55. The maximum Gasteiger partial charge on any atom is 0.276 e. The van der Waals surface area contributed by atoms with Gasteiger partial charge >= 0.3 is 0 Å². The molecular weight excluding hydrogens is 268 g/mol. The summed E-state index contributed by atoms with van der Waals surface area (Å²) in [6.07, 6.45) is 6.60. The number of hydrogen-bond donors (Lipinski definition) is 1. The van der Waals surface area contributed by atoms with Crippen LogP contribution < -0.4 is 0 Å². The van der Waals surface area contributed by atoms with Crippen molar-refractivity contribution in [2.75, 3.05) is 6.54 Å². The van der Waals surface area contributed by atoms with E-state index in [9.17, 15) is 4.79 Å². The maximum atomic E-state index is 12.7. The second kappa shape index (κ2) is 6.11. The largest absolute Gasteiger partial charge is 0.361 e. The van der Waals surface area contributed by atoms with Crippen molar-refractivity contribution in [1.82, 2.24) is 20.3 Å². The van der Waals surface area contributed by atoms with Crippen LogP contribution in [0.2, 0.25) is 0 Å². The molecule has 0 unspecified atom stereocenters. The second-order valence-electron chi connectivity index (χ2n) is 5.45. The molecule has 0 bridgehead atoms. The SMILES string of the molecule is CCCc1cc(C(=O)N2CCCC[C@H]2c2ccn[nH]2)no1. The number of carbonyl (C=O) groups is 1. The van der Waals surface area contributed by atoms with E-state index in [0.29, 0.717) is 5.69 Å². The van der Waals surface area contributed by atoms with E-state index in [4.69, 9.17) is 4.52 Å². The summed E-state index contributed by atoms with van der Waals surface area (Å²) in [7, 11) is 0. The third-order valence-corrected chi connectivity index (χ3v) is 3.92. The Balaban J connectivity index is 1.80. The third-order valence-electron chi connectivity index (χ3n) is 3.92. The monoisotopic (exact) mass is 288 g/mol. The average Bonchev–Trinajstić information content (AvgIpc) is 3.18. The molecule has 1 amide bonds. The van der Waals surface area contributed by atoms with Crippen LogP contribution in [0.5, 0.6) is 0 Å². The van der Waals surface area contributed by atoms with Gasteiger partial charge in [-0.1, -0.05) is 12.1 Å². The fourth-order valence-corrected chi connectivity index (χ4v) is 2.88. The summed E-state index contributed by atoms with van der Waals surface area (Å²) in [6, 6.07) is 3.76. The number of nitrogens with zero attached hydrogens (tertiary/aromatic N) is 3. The molecule has 0 spiro atoms. The molecule has 1 aliphatic heterocycles. The van der Waals surface area contributed by atoms with Gasteiger partial charge in [0.1, 0.15) is 5.76 Å². The Labute approximate surface area is 123 Å². The molecule has 112 valence electrons. The van der Waals surface area contributed by atoms with Crippen LogP contribution in [-0.2, 0) is 6.42 Å². The molecule has 0 aromatic carbocycles. The van der Waals surface area contributed by atoms with Crippen LogP contribution in [0.25, 0.3) is 0 Å². The summed E-state index contributed by atoms with van der Waals surface area (Å²) < 4.78 is 5.23. The molecule has 1 atom stereocenters. The van der Waals surface area contributed by atoms with E-state index in [0.717, 1.165) is 50.1 Å². The lowest BCUT2D eigenvalue weighted by Crippen LogP contribution is -2.38. The van der Waals surface area contributed by atoms with Crippen molar-refractivity contribution in [3.63, 3.8) is 0 Å². The van der Waals surface area contributed by atoms with Gasteiger partial charge in [-0.3, -0.25) is 9.89 Å². The number of aromatic amines is 1. The van der Waals surface area contributed by atoms with Crippen LogP contribution >= 0.6 is 0 Å². The number of rotatable bonds is 4. The lowest BCUT2D eigenvalue weighted by molar-refractivity contribution is 0.0595. The van der Waals surface area contributed by atoms with Gasteiger partial charge in [0.25, 0.3) is 5.91 Å². The molecule has 1 fully saturated rings. The highest BCUT2D eigenvalue weighted by molar-refractivity contribution is 5.92. The molecule has 21 heavy (non-hydrogen) atoms. The highest BCUT2D eigenvalue weighted by Gasteiger charge is 2.31. The summed E-state index contributed by atoms with van der Waals surface area (Å²) in [5.74, 6) is 0.719. The predicted octanol–water partition coefficient (Wildman–Crippen LogP) is 2.72. The summed E-state index contributed by atoms with van der Waals surface area (Å²) in [5, 5.41) is 10.9. The van der Waals surface area contributed by atoms with Gasteiger partial charge in [0.15, 0.2) is 5.69 Å².